The van der Waals surface area contributed by atoms with Crippen molar-refractivity contribution in [3.05, 3.63) is 70.3 Å². The minimum absolute atomic E-state index is 0.237. The summed E-state index contributed by atoms with van der Waals surface area (Å²) in [7, 11) is 1.58. The topological polar surface area (TPSA) is 73.6 Å². The van der Waals surface area contributed by atoms with Crippen LogP contribution >= 0.6 is 15.9 Å². The lowest BCUT2D eigenvalue weighted by molar-refractivity contribution is 0.0280. The van der Waals surface area contributed by atoms with Gasteiger partial charge in [-0.1, -0.05) is 34.1 Å². The van der Waals surface area contributed by atoms with Crippen LogP contribution in [0.15, 0.2) is 53.0 Å². The number of nitrogens with one attached hydrogen (secondary N) is 1. The van der Waals surface area contributed by atoms with E-state index in [2.05, 4.69) is 21.4 Å². The van der Waals surface area contributed by atoms with Gasteiger partial charge in [-0.3, -0.25) is 0 Å². The molecule has 0 saturated heterocycles. The van der Waals surface area contributed by atoms with Gasteiger partial charge in [-0.2, -0.15) is 23.2 Å². The van der Waals surface area contributed by atoms with Crippen LogP contribution in [0.5, 0.6) is 5.75 Å². The maximum Gasteiger partial charge on any atom is 0.356 e. The molecule has 110 valence electrons. The zero-order valence-corrected chi connectivity index (χ0v) is 12.9. The van der Waals surface area contributed by atoms with E-state index in [1.54, 1.807) is 49.6 Å². The van der Waals surface area contributed by atoms with Crippen LogP contribution in [0.3, 0.4) is 0 Å². The average molecular weight is 350 g/mol. The third-order valence-corrected chi connectivity index (χ3v) is 3.21. The fraction of sp³-hybridized carbons (Fsp3) is 0.0667. The second-order valence-corrected chi connectivity index (χ2v) is 5.06. The van der Waals surface area contributed by atoms with Crippen LogP contribution in [0.1, 0.15) is 15.9 Å². The molecule has 0 amide bonds. The molecule has 6 heteroatoms. The number of hydrogen-bond donors (Lipinski definition) is 2. The zero-order chi connectivity index (χ0) is 15.2. The molecule has 3 N–H and O–H groups in total. The number of benzene rings is 2. The lowest BCUT2D eigenvalue weighted by atomic mass is 10.2. The minimum Gasteiger partial charge on any atom is -0.499 e. The summed E-state index contributed by atoms with van der Waals surface area (Å²) < 4.78 is 5.85. The van der Waals surface area contributed by atoms with Crippen molar-refractivity contribution >= 4 is 21.9 Å². The summed E-state index contributed by atoms with van der Waals surface area (Å²) >= 11 is 3.29. The number of carbonyl (C=O) groups is 1. The predicted octanol–water partition coefficient (Wildman–Crippen LogP) is 2.62. The molecule has 2 aromatic carbocycles. The van der Waals surface area contributed by atoms with Gasteiger partial charge < -0.3 is 15.3 Å². The molecular formula is C15H14BrN2O3-. The summed E-state index contributed by atoms with van der Waals surface area (Å²) in [5.74, 6) is 0.199. The Labute approximate surface area is 131 Å². The maximum absolute atomic E-state index is 11.8. The number of methoxy groups -OCH3 is 1. The standard InChI is InChI=1S/C15H14BrN2O3/c1-20-13-7-5-10(6-8-13)14(17)18-21-15(19)11-3-2-4-12(16)9-11/h2-9,18H,17H2,1H3/q-1. The molecule has 0 aliphatic rings. The van der Waals surface area contributed by atoms with Crippen LogP contribution < -0.4 is 16.0 Å². The predicted molar refractivity (Wildman–Crippen MR) is 82.2 cm³/mol. The largest absolute Gasteiger partial charge is 0.499 e. The molecule has 5 nitrogen and oxygen atoms in total. The number of hydrogen-bond acceptors (Lipinski definition) is 5. The molecule has 0 unspecified atom stereocenters. The van der Waals surface area contributed by atoms with Crippen molar-refractivity contribution in [1.82, 2.24) is 5.48 Å². The molecule has 0 fully saturated rings. The first-order chi connectivity index (χ1) is 10.1. The molecule has 0 heterocycles. The van der Waals surface area contributed by atoms with Gasteiger partial charge in [0.25, 0.3) is 0 Å². The third kappa shape index (κ3) is 4.22. The molecule has 0 aromatic heterocycles. The van der Waals surface area contributed by atoms with Crippen molar-refractivity contribution in [2.24, 2.45) is 5.73 Å². The first-order valence-corrected chi connectivity index (χ1v) is 6.89. The van der Waals surface area contributed by atoms with E-state index in [4.69, 9.17) is 15.3 Å². The lowest BCUT2D eigenvalue weighted by Crippen LogP contribution is -2.32. The van der Waals surface area contributed by atoms with Gasteiger partial charge in [-0.25, -0.2) is 4.79 Å². The molecule has 0 aliphatic carbocycles. The molecule has 2 rings (SSSR count). The highest BCUT2D eigenvalue weighted by atomic mass is 79.9. The summed E-state index contributed by atoms with van der Waals surface area (Å²) in [6.07, 6.45) is 0.237. The molecule has 0 radical (unpaired) electrons. The molecule has 0 saturated carbocycles. The second-order valence-electron chi connectivity index (χ2n) is 4.14. The van der Waals surface area contributed by atoms with Crippen molar-refractivity contribution < 1.29 is 14.4 Å². The normalized spacial score (nSPS) is 10.0. The highest BCUT2D eigenvalue weighted by Gasteiger charge is 2.08. The lowest BCUT2D eigenvalue weighted by Gasteiger charge is -2.21. The van der Waals surface area contributed by atoms with Crippen LogP contribution in [-0.2, 0) is 4.84 Å². The summed E-state index contributed by atoms with van der Waals surface area (Å²) in [5, 5.41) is 0. The number of ether oxygens (including phenoxy) is 1. The van der Waals surface area contributed by atoms with Gasteiger partial charge >= 0.3 is 5.97 Å². The van der Waals surface area contributed by atoms with E-state index in [0.29, 0.717) is 11.1 Å². The van der Waals surface area contributed by atoms with E-state index in [-0.39, 0.29) is 6.17 Å². The highest BCUT2D eigenvalue weighted by molar-refractivity contribution is 9.10. The first kappa shape index (κ1) is 15.4. The summed E-state index contributed by atoms with van der Waals surface area (Å²) in [6, 6.07) is 13.9. The average Bonchev–Trinajstić information content (AvgIpc) is 2.52. The van der Waals surface area contributed by atoms with Crippen molar-refractivity contribution in [1.29, 1.82) is 0 Å². The quantitative estimate of drug-likeness (QED) is 0.641. The molecule has 2 aromatic rings. The number of nitrogens with two attached hydrogens (primary N) is 1. The van der Waals surface area contributed by atoms with Crippen molar-refractivity contribution in [3.8, 4) is 5.75 Å². The second kappa shape index (κ2) is 7.12. The van der Waals surface area contributed by atoms with Crippen LogP contribution in [-0.4, -0.2) is 13.1 Å². The first-order valence-electron chi connectivity index (χ1n) is 6.10. The van der Waals surface area contributed by atoms with Gasteiger partial charge in [0.15, 0.2) is 0 Å². The van der Waals surface area contributed by atoms with Gasteiger partial charge in [0.05, 0.1) is 18.4 Å². The van der Waals surface area contributed by atoms with E-state index in [1.165, 1.54) is 0 Å². The Kier molecular flexibility index (Phi) is 5.21. The van der Waals surface area contributed by atoms with Crippen molar-refractivity contribution in [3.63, 3.8) is 0 Å². The molecule has 0 aliphatic heterocycles. The molecule has 0 atom stereocenters. The SMILES string of the molecule is COc1ccc([C-](N)NOC(=O)c2cccc(Br)c2)cc1. The smallest absolute Gasteiger partial charge is 0.356 e. The van der Waals surface area contributed by atoms with Gasteiger partial charge in [-0.15, -0.1) is 0 Å². The molecule has 0 spiro atoms. The third-order valence-electron chi connectivity index (χ3n) is 2.72. The Morgan fingerprint density at radius 2 is 1.95 bits per heavy atom. The molecular weight excluding hydrogens is 336 g/mol. The number of hydroxylamine groups is 1. The van der Waals surface area contributed by atoms with Gasteiger partial charge in [-0.05, 0) is 24.4 Å². The minimum atomic E-state index is -0.521. The molecule has 0 bridgehead atoms. The Morgan fingerprint density at radius 1 is 1.24 bits per heavy atom. The van der Waals surface area contributed by atoms with Crippen LogP contribution in [0, 0.1) is 6.17 Å². The van der Waals surface area contributed by atoms with Gasteiger partial charge in [0, 0.05) is 4.47 Å². The Bertz CT molecular complexity index is 617. The fourth-order valence-electron chi connectivity index (χ4n) is 1.61. The fourth-order valence-corrected chi connectivity index (χ4v) is 2.00. The van der Waals surface area contributed by atoms with Gasteiger partial charge in [0.1, 0.15) is 0 Å². The highest BCUT2D eigenvalue weighted by Crippen LogP contribution is 2.15. The van der Waals surface area contributed by atoms with Crippen LogP contribution in [0.25, 0.3) is 0 Å². The Balaban J connectivity index is 1.93. The summed E-state index contributed by atoms with van der Waals surface area (Å²) in [4.78, 5) is 16.8. The summed E-state index contributed by atoms with van der Waals surface area (Å²) in [5.41, 5.74) is 9.37. The van der Waals surface area contributed by atoms with Crippen molar-refractivity contribution in [2.45, 2.75) is 0 Å². The number of rotatable bonds is 5. The molecule has 21 heavy (non-hydrogen) atoms. The van der Waals surface area contributed by atoms with Gasteiger partial charge in [0.2, 0.25) is 0 Å². The van der Waals surface area contributed by atoms with E-state index in [9.17, 15) is 4.79 Å². The zero-order valence-electron chi connectivity index (χ0n) is 11.3. The Hall–Kier alpha value is -2.02. The van der Waals surface area contributed by atoms with Crippen LogP contribution in [0.4, 0.5) is 0 Å². The van der Waals surface area contributed by atoms with E-state index in [0.717, 1.165) is 10.2 Å². The summed E-state index contributed by atoms with van der Waals surface area (Å²) in [6.45, 7) is 0. The van der Waals surface area contributed by atoms with Crippen LogP contribution in [0.2, 0.25) is 0 Å². The number of halogens is 1. The van der Waals surface area contributed by atoms with E-state index >= 15 is 0 Å². The maximum atomic E-state index is 11.8. The Morgan fingerprint density at radius 3 is 2.57 bits per heavy atom. The van der Waals surface area contributed by atoms with E-state index in [1.807, 2.05) is 6.07 Å². The monoisotopic (exact) mass is 349 g/mol. The van der Waals surface area contributed by atoms with E-state index < -0.39 is 5.97 Å². The van der Waals surface area contributed by atoms with Crippen molar-refractivity contribution in [2.75, 3.05) is 7.11 Å². The number of carbonyl (C=O) groups excluding carboxylic acids is 1.